The van der Waals surface area contributed by atoms with Crippen LogP contribution in [0.25, 0.3) is 75.4 Å². The summed E-state index contributed by atoms with van der Waals surface area (Å²) in [6, 6.07) is 6.04. The van der Waals surface area contributed by atoms with Gasteiger partial charge in [0.05, 0.1) is 16.2 Å². The average molecular weight is 523 g/mol. The maximum Gasteiger partial charge on any atom is 0.190 e. The molecule has 6 nitrogen and oxygen atoms in total. The summed E-state index contributed by atoms with van der Waals surface area (Å²) >= 11 is 0. The molecular formula is C33H30O6. The van der Waals surface area contributed by atoms with Gasteiger partial charge in [-0.15, -0.1) is 0 Å². The molecule has 0 bridgehead atoms. The second kappa shape index (κ2) is 6.77. The number of phenolic OH excluding ortho intramolecular Hbond substituents is 4. The van der Waals surface area contributed by atoms with E-state index >= 15 is 0 Å². The van der Waals surface area contributed by atoms with Gasteiger partial charge in [-0.3, -0.25) is 9.59 Å². The number of benzene rings is 8. The summed E-state index contributed by atoms with van der Waals surface area (Å²) in [5, 5.41) is 52.3. The van der Waals surface area contributed by atoms with Crippen molar-refractivity contribution in [2.75, 3.05) is 0 Å². The van der Waals surface area contributed by atoms with E-state index in [0.717, 1.165) is 16.5 Å². The lowest BCUT2D eigenvalue weighted by Gasteiger charge is -2.26. The number of aryl methyl sites for hydroxylation is 4. The maximum atomic E-state index is 13.5. The van der Waals surface area contributed by atoms with Gasteiger partial charge in [0, 0.05) is 53.4 Å². The van der Waals surface area contributed by atoms with Crippen LogP contribution >= 0.6 is 0 Å². The van der Waals surface area contributed by atoms with Gasteiger partial charge < -0.3 is 20.4 Å². The highest BCUT2D eigenvalue weighted by atomic mass is 16.3. The zero-order valence-electron chi connectivity index (χ0n) is 20.9. The van der Waals surface area contributed by atoms with Crippen molar-refractivity contribution in [3.8, 4) is 23.0 Å². The fraction of sp³-hybridized carbons (Fsp3) is 0.152. The Bertz CT molecular complexity index is 2350. The first-order valence-corrected chi connectivity index (χ1v) is 12.4. The standard InChI is InChI=1S/C32H20O6.CH4.3H2/c1-9-5-10(2)20-25-19(9)21-15(35)8-16(36)24-28(21)30-27-18(12(4)7-14(34)23(27)32(24)38)17-11(3)6-13(33)22(31(20)37)26(17)29(25)30;;;;/h5-8,35-38H,1-4H3;1H4;3*1H. The highest BCUT2D eigenvalue weighted by Gasteiger charge is 2.32. The van der Waals surface area contributed by atoms with Crippen molar-refractivity contribution in [2.45, 2.75) is 35.1 Å². The highest BCUT2D eigenvalue weighted by Crippen LogP contribution is 2.58. The van der Waals surface area contributed by atoms with Crippen molar-refractivity contribution in [3.63, 3.8) is 0 Å². The van der Waals surface area contributed by atoms with Gasteiger partial charge in [-0.2, -0.15) is 0 Å². The molecule has 0 spiro atoms. The quantitative estimate of drug-likeness (QED) is 0.120. The molecule has 0 aromatic heterocycles. The Hall–Kier alpha value is -4.84. The van der Waals surface area contributed by atoms with Gasteiger partial charge in [-0.05, 0) is 78.2 Å². The van der Waals surface area contributed by atoms with E-state index in [-0.39, 0.29) is 61.7 Å². The van der Waals surface area contributed by atoms with E-state index in [0.29, 0.717) is 65.0 Å². The smallest absolute Gasteiger partial charge is 0.190 e. The molecule has 39 heavy (non-hydrogen) atoms. The molecule has 0 radical (unpaired) electrons. The first-order chi connectivity index (χ1) is 18.0. The molecule has 0 fully saturated rings. The molecule has 8 rings (SSSR count). The molecule has 8 aromatic rings. The van der Waals surface area contributed by atoms with E-state index < -0.39 is 0 Å². The van der Waals surface area contributed by atoms with Crippen LogP contribution in [0, 0.1) is 27.7 Å². The molecule has 0 amide bonds. The van der Waals surface area contributed by atoms with Gasteiger partial charge in [-0.1, -0.05) is 13.5 Å². The molecule has 0 aliphatic carbocycles. The summed E-state index contributed by atoms with van der Waals surface area (Å²) in [5.74, 6) is -0.986. The Morgan fingerprint density at radius 3 is 1.28 bits per heavy atom. The maximum absolute atomic E-state index is 13.5. The van der Waals surface area contributed by atoms with Gasteiger partial charge >= 0.3 is 0 Å². The van der Waals surface area contributed by atoms with E-state index in [9.17, 15) is 30.0 Å². The minimum atomic E-state index is -0.384. The normalized spacial score (nSPS) is 12.5. The van der Waals surface area contributed by atoms with Crippen LogP contribution in [0.4, 0.5) is 0 Å². The summed E-state index contributed by atoms with van der Waals surface area (Å²) in [6.07, 6.45) is 0. The molecule has 8 aromatic carbocycles. The van der Waals surface area contributed by atoms with Gasteiger partial charge in [0.25, 0.3) is 0 Å². The third-order valence-electron chi connectivity index (χ3n) is 8.68. The van der Waals surface area contributed by atoms with Gasteiger partial charge in [0.2, 0.25) is 0 Å². The van der Waals surface area contributed by atoms with E-state index in [1.807, 2.05) is 33.8 Å². The van der Waals surface area contributed by atoms with Gasteiger partial charge in [0.1, 0.15) is 23.0 Å². The van der Waals surface area contributed by atoms with Crippen molar-refractivity contribution >= 4 is 75.4 Å². The van der Waals surface area contributed by atoms with Crippen LogP contribution in [0.3, 0.4) is 0 Å². The second-order valence-corrected chi connectivity index (χ2v) is 10.8. The minimum absolute atomic E-state index is 0. The zero-order chi connectivity index (χ0) is 26.7. The van der Waals surface area contributed by atoms with Crippen molar-refractivity contribution in [1.82, 2.24) is 0 Å². The predicted molar refractivity (Wildman–Crippen MR) is 165 cm³/mol. The predicted octanol–water partition coefficient (Wildman–Crippen LogP) is 7.66. The molecular weight excluding hydrogens is 492 g/mol. The van der Waals surface area contributed by atoms with Crippen LogP contribution in [0.15, 0.2) is 33.9 Å². The minimum Gasteiger partial charge on any atom is -0.507 e. The van der Waals surface area contributed by atoms with Crippen LogP contribution in [-0.4, -0.2) is 20.4 Å². The monoisotopic (exact) mass is 522 g/mol. The Morgan fingerprint density at radius 2 is 0.744 bits per heavy atom. The molecule has 0 aliphatic rings. The van der Waals surface area contributed by atoms with E-state index in [4.69, 9.17) is 0 Å². The first kappa shape index (κ1) is 23.3. The number of aromatic hydroxyl groups is 4. The molecule has 198 valence electrons. The Labute approximate surface area is 225 Å². The fourth-order valence-electron chi connectivity index (χ4n) is 7.45. The molecule has 4 N–H and O–H groups in total. The Morgan fingerprint density at radius 1 is 0.410 bits per heavy atom. The van der Waals surface area contributed by atoms with Crippen LogP contribution in [0.1, 0.15) is 34.0 Å². The summed E-state index contributed by atoms with van der Waals surface area (Å²) in [6.45, 7) is 7.43. The molecule has 0 unspecified atom stereocenters. The molecule has 6 heteroatoms. The van der Waals surface area contributed by atoms with Gasteiger partial charge in [-0.25, -0.2) is 0 Å². The van der Waals surface area contributed by atoms with Crippen molar-refractivity contribution in [3.05, 3.63) is 67.0 Å². The van der Waals surface area contributed by atoms with Gasteiger partial charge in [0.15, 0.2) is 10.9 Å². The molecule has 0 atom stereocenters. The second-order valence-electron chi connectivity index (χ2n) is 10.8. The van der Waals surface area contributed by atoms with E-state index in [1.54, 1.807) is 0 Å². The summed E-state index contributed by atoms with van der Waals surface area (Å²) in [5.41, 5.74) is 2.27. The molecule has 0 saturated heterocycles. The van der Waals surface area contributed by atoms with Crippen LogP contribution in [0.2, 0.25) is 0 Å². The molecule has 0 heterocycles. The Kier molecular flexibility index (Phi) is 4.04. The van der Waals surface area contributed by atoms with E-state index in [2.05, 4.69) is 0 Å². The van der Waals surface area contributed by atoms with Crippen molar-refractivity contribution < 1.29 is 24.7 Å². The summed E-state index contributed by atoms with van der Waals surface area (Å²) in [4.78, 5) is 26.9. The molecule has 0 saturated carbocycles. The summed E-state index contributed by atoms with van der Waals surface area (Å²) in [7, 11) is 0. The number of fused-ring (bicyclic) bond motifs is 2. The highest BCUT2D eigenvalue weighted by molar-refractivity contribution is 6.51. The van der Waals surface area contributed by atoms with Crippen LogP contribution in [-0.2, 0) is 0 Å². The first-order valence-electron chi connectivity index (χ1n) is 12.4. The fourth-order valence-corrected chi connectivity index (χ4v) is 7.45. The Balaban J connectivity index is 0.00000101. The van der Waals surface area contributed by atoms with Crippen molar-refractivity contribution in [1.29, 1.82) is 0 Å². The van der Waals surface area contributed by atoms with Crippen LogP contribution < -0.4 is 10.9 Å². The number of phenols is 4. The number of rotatable bonds is 0. The third-order valence-corrected chi connectivity index (χ3v) is 8.68. The third kappa shape index (κ3) is 2.27. The largest absolute Gasteiger partial charge is 0.507 e. The zero-order valence-corrected chi connectivity index (χ0v) is 20.9. The topological polar surface area (TPSA) is 115 Å². The van der Waals surface area contributed by atoms with E-state index in [1.165, 1.54) is 18.2 Å². The van der Waals surface area contributed by atoms with Crippen LogP contribution in [0.5, 0.6) is 23.0 Å². The lowest BCUT2D eigenvalue weighted by molar-refractivity contribution is 0.453. The van der Waals surface area contributed by atoms with Crippen molar-refractivity contribution in [2.24, 2.45) is 0 Å². The molecule has 0 aliphatic heterocycles. The lowest BCUT2D eigenvalue weighted by atomic mass is 9.77. The average Bonchev–Trinajstić information content (AvgIpc) is 2.82. The number of hydrogen-bond donors (Lipinski definition) is 4. The lowest BCUT2D eigenvalue weighted by Crippen LogP contribution is -2.09. The number of hydrogen-bond acceptors (Lipinski definition) is 6. The SMILES string of the molecule is C.Cc1cc(C)c2c3c(O)cc(O)c4c(O)c5c(=O)cc(C)c6c7c(C)cc(=O)c8c(O)c1c2c(c87)c(c43)c56.[HH].[HH].[HH]. The summed E-state index contributed by atoms with van der Waals surface area (Å²) < 4.78 is 0.